The third kappa shape index (κ3) is 3.63. The van der Waals surface area contributed by atoms with Crippen molar-refractivity contribution in [3.63, 3.8) is 0 Å². The molecule has 5 heteroatoms. The van der Waals surface area contributed by atoms with Crippen LogP contribution in [0.3, 0.4) is 0 Å². The highest BCUT2D eigenvalue weighted by molar-refractivity contribution is 6.05. The Kier molecular flexibility index (Phi) is 4.91. The van der Waals surface area contributed by atoms with Gasteiger partial charge in [-0.1, -0.05) is 24.3 Å². The predicted octanol–water partition coefficient (Wildman–Crippen LogP) is 2.94. The summed E-state index contributed by atoms with van der Waals surface area (Å²) in [6, 6.07) is 14.4. The first-order chi connectivity index (χ1) is 11.6. The Hall–Kier alpha value is -2.66. The topological polar surface area (TPSA) is 70.2 Å². The quantitative estimate of drug-likeness (QED) is 0.810. The Morgan fingerprint density at radius 2 is 1.71 bits per heavy atom. The van der Waals surface area contributed by atoms with Crippen LogP contribution in [0.15, 0.2) is 48.5 Å². The number of hydrogen-bond donors (Lipinski definition) is 3. The molecule has 1 aliphatic rings. The fourth-order valence-electron chi connectivity index (χ4n) is 2.82. The SMILES string of the molecule is Cc1c(NC(=O)c2ccccc2)cccc1NC(=O)C1CCCN1. The van der Waals surface area contributed by atoms with Crippen LogP contribution in [0, 0.1) is 6.92 Å². The highest BCUT2D eigenvalue weighted by atomic mass is 16.2. The van der Waals surface area contributed by atoms with Gasteiger partial charge in [0, 0.05) is 16.9 Å². The molecule has 0 aromatic heterocycles. The number of hydrogen-bond acceptors (Lipinski definition) is 3. The van der Waals surface area contributed by atoms with Gasteiger partial charge in [-0.15, -0.1) is 0 Å². The van der Waals surface area contributed by atoms with Gasteiger partial charge in [0.1, 0.15) is 0 Å². The van der Waals surface area contributed by atoms with Gasteiger partial charge in [0.05, 0.1) is 6.04 Å². The van der Waals surface area contributed by atoms with Crippen LogP contribution in [0.2, 0.25) is 0 Å². The maximum atomic E-state index is 12.3. The van der Waals surface area contributed by atoms with Crippen LogP contribution in [-0.2, 0) is 4.79 Å². The number of anilines is 2. The van der Waals surface area contributed by atoms with Crippen LogP contribution in [-0.4, -0.2) is 24.4 Å². The molecule has 3 N–H and O–H groups in total. The van der Waals surface area contributed by atoms with E-state index >= 15 is 0 Å². The molecule has 0 aliphatic carbocycles. The Morgan fingerprint density at radius 3 is 2.38 bits per heavy atom. The number of carbonyl (C=O) groups is 2. The van der Waals surface area contributed by atoms with Crippen molar-refractivity contribution < 1.29 is 9.59 Å². The lowest BCUT2D eigenvalue weighted by atomic mass is 10.1. The van der Waals surface area contributed by atoms with Crippen molar-refractivity contribution in [1.82, 2.24) is 5.32 Å². The van der Waals surface area contributed by atoms with Gasteiger partial charge < -0.3 is 16.0 Å². The van der Waals surface area contributed by atoms with Crippen LogP contribution in [0.4, 0.5) is 11.4 Å². The van der Waals surface area contributed by atoms with Crippen molar-refractivity contribution in [1.29, 1.82) is 0 Å². The van der Waals surface area contributed by atoms with Gasteiger partial charge in [0.2, 0.25) is 5.91 Å². The van der Waals surface area contributed by atoms with Crippen LogP contribution in [0.5, 0.6) is 0 Å². The Morgan fingerprint density at radius 1 is 1.00 bits per heavy atom. The Labute approximate surface area is 141 Å². The molecule has 2 aromatic carbocycles. The summed E-state index contributed by atoms with van der Waals surface area (Å²) in [6.45, 7) is 2.77. The highest BCUT2D eigenvalue weighted by Crippen LogP contribution is 2.24. The van der Waals surface area contributed by atoms with Crippen molar-refractivity contribution in [2.24, 2.45) is 0 Å². The molecule has 1 saturated heterocycles. The van der Waals surface area contributed by atoms with Gasteiger partial charge in [-0.25, -0.2) is 0 Å². The molecule has 3 rings (SSSR count). The zero-order valence-corrected chi connectivity index (χ0v) is 13.6. The fraction of sp³-hybridized carbons (Fsp3) is 0.263. The van der Waals surface area contributed by atoms with Crippen molar-refractivity contribution in [2.75, 3.05) is 17.2 Å². The molecule has 1 unspecified atom stereocenters. The van der Waals surface area contributed by atoms with E-state index in [1.807, 2.05) is 43.3 Å². The van der Waals surface area contributed by atoms with Gasteiger partial charge in [0.15, 0.2) is 0 Å². The number of amides is 2. The number of nitrogens with one attached hydrogen (secondary N) is 3. The molecule has 0 bridgehead atoms. The van der Waals surface area contributed by atoms with Crippen molar-refractivity contribution in [3.05, 3.63) is 59.7 Å². The molecule has 0 spiro atoms. The third-order valence-corrected chi connectivity index (χ3v) is 4.25. The maximum absolute atomic E-state index is 12.3. The minimum atomic E-state index is -0.167. The second-order valence-electron chi connectivity index (χ2n) is 5.94. The minimum Gasteiger partial charge on any atom is -0.324 e. The minimum absolute atomic E-state index is 0.0258. The second-order valence-corrected chi connectivity index (χ2v) is 5.94. The molecule has 0 saturated carbocycles. The molecular weight excluding hydrogens is 302 g/mol. The molecular formula is C19H21N3O2. The van der Waals surface area contributed by atoms with Crippen LogP contribution in [0.25, 0.3) is 0 Å². The third-order valence-electron chi connectivity index (χ3n) is 4.25. The number of benzene rings is 2. The van der Waals surface area contributed by atoms with Crippen molar-refractivity contribution in [3.8, 4) is 0 Å². The van der Waals surface area contributed by atoms with E-state index in [2.05, 4.69) is 16.0 Å². The standard InChI is InChI=1S/C19H21N3O2/c1-13-15(21-18(23)14-7-3-2-4-8-14)9-5-10-16(13)22-19(24)17-11-6-12-20-17/h2-5,7-10,17,20H,6,11-12H2,1H3,(H,21,23)(H,22,24). The van der Waals surface area contributed by atoms with Crippen LogP contribution >= 0.6 is 0 Å². The molecule has 2 amide bonds. The monoisotopic (exact) mass is 323 g/mol. The van der Waals surface area contributed by atoms with Gasteiger partial charge in [-0.3, -0.25) is 9.59 Å². The van der Waals surface area contributed by atoms with Gasteiger partial charge >= 0.3 is 0 Å². The van der Waals surface area contributed by atoms with E-state index < -0.39 is 0 Å². The molecule has 1 atom stereocenters. The first-order valence-corrected chi connectivity index (χ1v) is 8.15. The summed E-state index contributed by atoms with van der Waals surface area (Å²) >= 11 is 0. The van der Waals surface area contributed by atoms with Crippen LogP contribution < -0.4 is 16.0 Å². The van der Waals surface area contributed by atoms with E-state index in [1.54, 1.807) is 12.1 Å². The molecule has 124 valence electrons. The first kappa shape index (κ1) is 16.2. The lowest BCUT2D eigenvalue weighted by Gasteiger charge is -2.16. The summed E-state index contributed by atoms with van der Waals surface area (Å²) in [5.74, 6) is -0.193. The summed E-state index contributed by atoms with van der Waals surface area (Å²) in [5, 5.41) is 9.04. The summed E-state index contributed by atoms with van der Waals surface area (Å²) in [6.07, 6.45) is 1.87. The van der Waals surface area contributed by atoms with Crippen LogP contribution in [0.1, 0.15) is 28.8 Å². The highest BCUT2D eigenvalue weighted by Gasteiger charge is 2.22. The zero-order valence-electron chi connectivity index (χ0n) is 13.6. The summed E-state index contributed by atoms with van der Waals surface area (Å²) < 4.78 is 0. The molecule has 5 nitrogen and oxygen atoms in total. The van der Waals surface area contributed by atoms with E-state index in [1.165, 1.54) is 0 Å². The lowest BCUT2D eigenvalue weighted by Crippen LogP contribution is -2.35. The van der Waals surface area contributed by atoms with Gasteiger partial charge in [-0.2, -0.15) is 0 Å². The first-order valence-electron chi connectivity index (χ1n) is 8.15. The fourth-order valence-corrected chi connectivity index (χ4v) is 2.82. The molecule has 24 heavy (non-hydrogen) atoms. The Bertz CT molecular complexity index is 738. The molecule has 0 radical (unpaired) electrons. The second kappa shape index (κ2) is 7.27. The van der Waals surface area contributed by atoms with E-state index in [0.29, 0.717) is 11.3 Å². The summed E-state index contributed by atoms with van der Waals surface area (Å²) in [7, 11) is 0. The van der Waals surface area contributed by atoms with E-state index in [0.717, 1.165) is 30.6 Å². The van der Waals surface area contributed by atoms with E-state index in [9.17, 15) is 9.59 Å². The van der Waals surface area contributed by atoms with Gasteiger partial charge in [0.25, 0.3) is 5.91 Å². The number of carbonyl (C=O) groups excluding carboxylic acids is 2. The Balaban J connectivity index is 1.73. The lowest BCUT2D eigenvalue weighted by molar-refractivity contribution is -0.117. The average Bonchev–Trinajstić information content (AvgIpc) is 3.14. The van der Waals surface area contributed by atoms with E-state index in [4.69, 9.17) is 0 Å². The number of rotatable bonds is 4. The average molecular weight is 323 g/mol. The molecule has 2 aromatic rings. The molecule has 1 aliphatic heterocycles. The smallest absolute Gasteiger partial charge is 0.255 e. The van der Waals surface area contributed by atoms with Gasteiger partial charge in [-0.05, 0) is 56.1 Å². The largest absolute Gasteiger partial charge is 0.324 e. The van der Waals surface area contributed by atoms with E-state index in [-0.39, 0.29) is 17.9 Å². The normalized spacial score (nSPS) is 16.6. The maximum Gasteiger partial charge on any atom is 0.255 e. The molecule has 1 fully saturated rings. The predicted molar refractivity (Wildman–Crippen MR) is 95.2 cm³/mol. The van der Waals surface area contributed by atoms with Crippen molar-refractivity contribution >= 4 is 23.2 Å². The summed E-state index contributed by atoms with van der Waals surface area (Å²) in [5.41, 5.74) is 2.86. The summed E-state index contributed by atoms with van der Waals surface area (Å²) in [4.78, 5) is 24.6. The van der Waals surface area contributed by atoms with Crippen molar-refractivity contribution in [2.45, 2.75) is 25.8 Å². The molecule has 1 heterocycles. The zero-order chi connectivity index (χ0) is 16.9.